The first-order valence-electron chi connectivity index (χ1n) is 5.41. The van der Waals surface area contributed by atoms with Gasteiger partial charge in [0.15, 0.2) is 0 Å². The number of pyridine rings is 1. The van der Waals surface area contributed by atoms with Gasteiger partial charge in [-0.25, -0.2) is 0 Å². The first kappa shape index (κ1) is 13.3. The summed E-state index contributed by atoms with van der Waals surface area (Å²) in [5, 5.41) is 0.670. The van der Waals surface area contributed by atoms with Crippen molar-refractivity contribution >= 4 is 27.5 Å². The molecule has 0 fully saturated rings. The van der Waals surface area contributed by atoms with Crippen molar-refractivity contribution in [1.82, 2.24) is 4.98 Å². The van der Waals surface area contributed by atoms with Crippen LogP contribution in [-0.2, 0) is 13.2 Å². The molecule has 0 unspecified atom stereocenters. The third kappa shape index (κ3) is 3.45. The van der Waals surface area contributed by atoms with Gasteiger partial charge in [0.1, 0.15) is 12.4 Å². The standard InChI is InChI=1S/C13H12BrClN2O/c14-12-6-10(15)1-2-13(12)18-8-9-3-4-17-11(5-9)7-16/h1-6H,7-8,16H2. The van der Waals surface area contributed by atoms with Gasteiger partial charge in [0.2, 0.25) is 0 Å². The van der Waals surface area contributed by atoms with Crippen LogP contribution in [0, 0.1) is 0 Å². The largest absolute Gasteiger partial charge is 0.488 e. The summed E-state index contributed by atoms with van der Waals surface area (Å²) in [5.74, 6) is 0.755. The van der Waals surface area contributed by atoms with Crippen molar-refractivity contribution in [2.75, 3.05) is 0 Å². The number of ether oxygens (including phenoxy) is 1. The van der Waals surface area contributed by atoms with E-state index in [9.17, 15) is 0 Å². The third-order valence-corrected chi connectivity index (χ3v) is 3.23. The molecule has 18 heavy (non-hydrogen) atoms. The van der Waals surface area contributed by atoms with Crippen LogP contribution in [-0.4, -0.2) is 4.98 Å². The highest BCUT2D eigenvalue weighted by Crippen LogP contribution is 2.28. The predicted octanol–water partition coefficient (Wildman–Crippen LogP) is 3.54. The van der Waals surface area contributed by atoms with Crippen molar-refractivity contribution < 1.29 is 4.74 Å². The summed E-state index contributed by atoms with van der Waals surface area (Å²) in [6, 6.07) is 9.26. The van der Waals surface area contributed by atoms with E-state index in [1.807, 2.05) is 18.2 Å². The number of rotatable bonds is 4. The van der Waals surface area contributed by atoms with Crippen LogP contribution in [0.1, 0.15) is 11.3 Å². The summed E-state index contributed by atoms with van der Waals surface area (Å²) in [7, 11) is 0. The number of hydrogen-bond donors (Lipinski definition) is 1. The van der Waals surface area contributed by atoms with E-state index in [4.69, 9.17) is 22.1 Å². The van der Waals surface area contributed by atoms with Gasteiger partial charge in [-0.1, -0.05) is 11.6 Å². The molecule has 0 radical (unpaired) electrons. The molecule has 1 aromatic heterocycles. The van der Waals surface area contributed by atoms with Crippen LogP contribution in [0.3, 0.4) is 0 Å². The molecule has 5 heteroatoms. The zero-order valence-corrected chi connectivity index (χ0v) is 11.9. The minimum absolute atomic E-state index is 0.429. The molecule has 0 saturated heterocycles. The maximum atomic E-state index is 5.87. The molecule has 0 spiro atoms. The fourth-order valence-electron chi connectivity index (χ4n) is 1.48. The third-order valence-electron chi connectivity index (χ3n) is 2.38. The van der Waals surface area contributed by atoms with Crippen LogP contribution in [0.2, 0.25) is 5.02 Å². The molecule has 3 nitrogen and oxygen atoms in total. The Morgan fingerprint density at radius 2 is 2.11 bits per heavy atom. The number of benzene rings is 1. The Labute approximate surface area is 119 Å². The molecule has 0 bridgehead atoms. The Morgan fingerprint density at radius 3 is 2.83 bits per heavy atom. The maximum absolute atomic E-state index is 5.87. The van der Waals surface area contributed by atoms with Crippen LogP contribution < -0.4 is 10.5 Å². The summed E-state index contributed by atoms with van der Waals surface area (Å²) in [4.78, 5) is 4.13. The lowest BCUT2D eigenvalue weighted by Crippen LogP contribution is -2.02. The highest BCUT2D eigenvalue weighted by molar-refractivity contribution is 9.10. The second-order valence-electron chi connectivity index (χ2n) is 3.72. The molecule has 0 atom stereocenters. The summed E-state index contributed by atoms with van der Waals surface area (Å²) in [6.07, 6.45) is 1.73. The number of aromatic nitrogens is 1. The Balaban J connectivity index is 2.06. The lowest BCUT2D eigenvalue weighted by Gasteiger charge is -2.09. The van der Waals surface area contributed by atoms with E-state index in [2.05, 4.69) is 20.9 Å². The van der Waals surface area contributed by atoms with Crippen molar-refractivity contribution in [3.8, 4) is 5.75 Å². The minimum Gasteiger partial charge on any atom is -0.488 e. The SMILES string of the molecule is NCc1cc(COc2ccc(Cl)cc2Br)ccn1. The van der Waals surface area contributed by atoms with E-state index in [1.54, 1.807) is 18.3 Å². The summed E-state index contributed by atoms with van der Waals surface area (Å²) in [6.45, 7) is 0.897. The molecule has 0 aliphatic heterocycles. The van der Waals surface area contributed by atoms with E-state index in [-0.39, 0.29) is 0 Å². The molecular weight excluding hydrogens is 316 g/mol. The molecule has 94 valence electrons. The number of nitrogens with zero attached hydrogens (tertiary/aromatic N) is 1. The molecule has 0 saturated carbocycles. The van der Waals surface area contributed by atoms with E-state index in [1.165, 1.54) is 0 Å². The van der Waals surface area contributed by atoms with Crippen LogP contribution in [0.25, 0.3) is 0 Å². The summed E-state index contributed by atoms with van der Waals surface area (Å²) < 4.78 is 6.54. The molecule has 1 heterocycles. The number of halogens is 2. The fraction of sp³-hybridized carbons (Fsp3) is 0.154. The normalized spacial score (nSPS) is 10.4. The smallest absolute Gasteiger partial charge is 0.134 e. The van der Waals surface area contributed by atoms with Crippen molar-refractivity contribution in [3.63, 3.8) is 0 Å². The Morgan fingerprint density at radius 1 is 1.28 bits per heavy atom. The number of hydrogen-bond acceptors (Lipinski definition) is 3. The highest BCUT2D eigenvalue weighted by Gasteiger charge is 2.03. The van der Waals surface area contributed by atoms with Gasteiger partial charge in [0.05, 0.1) is 10.2 Å². The monoisotopic (exact) mass is 326 g/mol. The average molecular weight is 328 g/mol. The lowest BCUT2D eigenvalue weighted by atomic mass is 10.2. The van der Waals surface area contributed by atoms with Gasteiger partial charge in [0, 0.05) is 17.8 Å². The Hall–Kier alpha value is -1.10. The predicted molar refractivity (Wildman–Crippen MR) is 75.6 cm³/mol. The molecule has 2 rings (SSSR count). The van der Waals surface area contributed by atoms with Crippen molar-refractivity contribution in [2.45, 2.75) is 13.2 Å². The zero-order valence-electron chi connectivity index (χ0n) is 9.57. The van der Waals surface area contributed by atoms with E-state index in [0.717, 1.165) is 21.5 Å². The number of nitrogens with two attached hydrogens (primary N) is 1. The zero-order chi connectivity index (χ0) is 13.0. The van der Waals surface area contributed by atoms with Gasteiger partial charge >= 0.3 is 0 Å². The molecule has 0 aliphatic carbocycles. The van der Waals surface area contributed by atoms with Crippen molar-refractivity contribution in [3.05, 3.63) is 57.3 Å². The maximum Gasteiger partial charge on any atom is 0.134 e. The van der Waals surface area contributed by atoms with Crippen LogP contribution in [0.4, 0.5) is 0 Å². The second kappa shape index (κ2) is 6.18. The van der Waals surface area contributed by atoms with Gasteiger partial charge in [-0.15, -0.1) is 0 Å². The van der Waals surface area contributed by atoms with Crippen LogP contribution in [0.5, 0.6) is 5.75 Å². The molecule has 0 aliphatic rings. The first-order chi connectivity index (χ1) is 8.69. The van der Waals surface area contributed by atoms with Gasteiger partial charge < -0.3 is 10.5 Å². The fourth-order valence-corrected chi connectivity index (χ4v) is 2.28. The second-order valence-corrected chi connectivity index (χ2v) is 5.01. The highest BCUT2D eigenvalue weighted by atomic mass is 79.9. The summed E-state index contributed by atoms with van der Waals surface area (Å²) >= 11 is 9.27. The molecule has 2 aromatic rings. The van der Waals surface area contributed by atoms with Gasteiger partial charge in [0.25, 0.3) is 0 Å². The van der Waals surface area contributed by atoms with E-state index < -0.39 is 0 Å². The van der Waals surface area contributed by atoms with Crippen LogP contribution >= 0.6 is 27.5 Å². The Kier molecular flexibility index (Phi) is 4.58. The van der Waals surface area contributed by atoms with Crippen molar-refractivity contribution in [2.24, 2.45) is 5.73 Å². The topological polar surface area (TPSA) is 48.1 Å². The first-order valence-corrected chi connectivity index (χ1v) is 6.58. The minimum atomic E-state index is 0.429. The van der Waals surface area contributed by atoms with Gasteiger partial charge in [-0.3, -0.25) is 4.98 Å². The molecule has 0 amide bonds. The average Bonchev–Trinajstić information content (AvgIpc) is 2.38. The van der Waals surface area contributed by atoms with Crippen molar-refractivity contribution in [1.29, 1.82) is 0 Å². The molecule has 1 aromatic carbocycles. The van der Waals surface area contributed by atoms with Crippen LogP contribution in [0.15, 0.2) is 41.0 Å². The van der Waals surface area contributed by atoms with Gasteiger partial charge in [-0.2, -0.15) is 0 Å². The Bertz CT molecular complexity index is 548. The van der Waals surface area contributed by atoms with E-state index >= 15 is 0 Å². The quantitative estimate of drug-likeness (QED) is 0.934. The van der Waals surface area contributed by atoms with E-state index in [0.29, 0.717) is 18.2 Å². The van der Waals surface area contributed by atoms with Gasteiger partial charge in [-0.05, 0) is 51.8 Å². The molecule has 2 N–H and O–H groups in total. The summed E-state index contributed by atoms with van der Waals surface area (Å²) in [5.41, 5.74) is 7.43. The lowest BCUT2D eigenvalue weighted by molar-refractivity contribution is 0.304. The molecular formula is C13H12BrClN2O.